The van der Waals surface area contributed by atoms with Gasteiger partial charge in [-0.3, -0.25) is 4.79 Å². The van der Waals surface area contributed by atoms with E-state index in [1.54, 1.807) is 0 Å². The van der Waals surface area contributed by atoms with Crippen molar-refractivity contribution in [1.82, 2.24) is 0 Å². The summed E-state index contributed by atoms with van der Waals surface area (Å²) in [5, 5.41) is -0.639. The average molecular weight is 164 g/mol. The predicted molar refractivity (Wildman–Crippen MR) is 47.1 cm³/mol. The zero-order valence-corrected chi connectivity index (χ0v) is 7.23. The number of carbonyl (C=O) groups excluding carboxylic acids is 1. The first kappa shape index (κ1) is 12.5. The second-order valence-corrected chi connectivity index (χ2v) is 2.27. The summed E-state index contributed by atoms with van der Waals surface area (Å²) in [5.74, 6) is 0. The van der Waals surface area contributed by atoms with Gasteiger partial charge in [0, 0.05) is 0 Å². The zero-order valence-electron chi connectivity index (χ0n) is 6.34. The Hall–Kier alpha value is -0.220. The highest BCUT2D eigenvalue weighted by Gasteiger charge is 1.75. The van der Waals surface area contributed by atoms with Crippen molar-refractivity contribution < 1.29 is 4.79 Å². The molecule has 0 unspecified atom stereocenters. The molecular formula is C6H16N2OS. The molecule has 0 aliphatic rings. The Balaban J connectivity index is 0. The molecule has 3 nitrogen and oxygen atoms in total. The topological polar surface area (TPSA) is 69.1 Å². The van der Waals surface area contributed by atoms with Gasteiger partial charge in [0.25, 0.3) is 5.24 Å². The molecule has 0 aromatic carbocycles. The molecule has 0 aromatic heterocycles. The van der Waals surface area contributed by atoms with Crippen LogP contribution in [0.15, 0.2) is 0 Å². The fraction of sp³-hybridized carbons (Fsp3) is 0.833. The van der Waals surface area contributed by atoms with Crippen molar-refractivity contribution in [3.63, 3.8) is 0 Å². The van der Waals surface area contributed by atoms with Gasteiger partial charge in [0.05, 0.1) is 0 Å². The van der Waals surface area contributed by atoms with E-state index in [0.29, 0.717) is 0 Å². The minimum atomic E-state index is -0.639. The summed E-state index contributed by atoms with van der Waals surface area (Å²) >= 11 is 3.10. The smallest absolute Gasteiger partial charge is 0.273 e. The molecule has 0 spiro atoms. The van der Waals surface area contributed by atoms with E-state index < -0.39 is 5.24 Å². The first-order chi connectivity index (χ1) is 4.65. The number of carbonyl (C=O) groups is 1. The van der Waals surface area contributed by atoms with Crippen LogP contribution in [0.4, 0.5) is 4.79 Å². The van der Waals surface area contributed by atoms with E-state index in [-0.39, 0.29) is 0 Å². The second-order valence-electron chi connectivity index (χ2n) is 1.83. The van der Waals surface area contributed by atoms with Crippen molar-refractivity contribution in [2.75, 3.05) is 6.54 Å². The van der Waals surface area contributed by atoms with Crippen LogP contribution in [-0.4, -0.2) is 11.8 Å². The van der Waals surface area contributed by atoms with E-state index in [1.165, 1.54) is 19.3 Å². The minimum Gasteiger partial charge on any atom is -0.361 e. The molecule has 0 atom stereocenters. The number of nitrogens with two attached hydrogens (primary N) is 2. The maximum absolute atomic E-state index is 9.09. The summed E-state index contributed by atoms with van der Waals surface area (Å²) < 4.78 is 0. The van der Waals surface area contributed by atoms with Gasteiger partial charge < -0.3 is 11.5 Å². The Labute approximate surface area is 67.6 Å². The molecule has 4 N–H and O–H groups in total. The van der Waals surface area contributed by atoms with E-state index in [2.05, 4.69) is 25.3 Å². The van der Waals surface area contributed by atoms with Crippen LogP contribution in [0.2, 0.25) is 0 Å². The number of unbranched alkanes of at least 4 members (excludes halogenated alkanes) is 2. The fourth-order valence-corrected chi connectivity index (χ4v) is 0.394. The number of hydrogen-bond acceptors (Lipinski definition) is 2. The Morgan fingerprint density at radius 1 is 1.50 bits per heavy atom. The number of rotatable bonds is 3. The van der Waals surface area contributed by atoms with Gasteiger partial charge in [0.2, 0.25) is 0 Å². The van der Waals surface area contributed by atoms with Gasteiger partial charge in [-0.2, -0.15) is 0 Å². The molecule has 0 heterocycles. The van der Waals surface area contributed by atoms with Gasteiger partial charge in [-0.15, -0.1) is 0 Å². The van der Waals surface area contributed by atoms with Crippen LogP contribution in [0.3, 0.4) is 0 Å². The summed E-state index contributed by atoms with van der Waals surface area (Å²) in [6, 6.07) is 0. The molecule has 10 heavy (non-hydrogen) atoms. The lowest BCUT2D eigenvalue weighted by atomic mass is 10.3. The molecule has 1 amide bonds. The lowest BCUT2D eigenvalue weighted by molar-refractivity contribution is 0.267. The van der Waals surface area contributed by atoms with Gasteiger partial charge in [-0.1, -0.05) is 32.4 Å². The molecule has 4 heteroatoms. The molecule has 0 bridgehead atoms. The average Bonchev–Trinajstić information content (AvgIpc) is 1.82. The van der Waals surface area contributed by atoms with Crippen molar-refractivity contribution in [3.05, 3.63) is 0 Å². The van der Waals surface area contributed by atoms with Crippen LogP contribution in [-0.2, 0) is 0 Å². The lowest BCUT2D eigenvalue weighted by Gasteiger charge is -1.86. The van der Waals surface area contributed by atoms with Crippen molar-refractivity contribution in [3.8, 4) is 0 Å². The largest absolute Gasteiger partial charge is 0.361 e. The molecule has 0 radical (unpaired) electrons. The third kappa shape index (κ3) is 46.3. The van der Waals surface area contributed by atoms with Crippen molar-refractivity contribution in [2.45, 2.75) is 26.2 Å². The van der Waals surface area contributed by atoms with E-state index >= 15 is 0 Å². The second kappa shape index (κ2) is 11.6. The summed E-state index contributed by atoms with van der Waals surface area (Å²) in [5.41, 5.74) is 9.55. The van der Waals surface area contributed by atoms with Crippen molar-refractivity contribution >= 4 is 17.9 Å². The third-order valence-electron chi connectivity index (χ3n) is 0.808. The number of primary amides is 1. The van der Waals surface area contributed by atoms with E-state index in [1.807, 2.05) is 0 Å². The van der Waals surface area contributed by atoms with Crippen LogP contribution in [0.25, 0.3) is 0 Å². The lowest BCUT2D eigenvalue weighted by Crippen LogP contribution is -1.96. The highest BCUT2D eigenvalue weighted by molar-refractivity contribution is 7.96. The Morgan fingerprint density at radius 3 is 2.00 bits per heavy atom. The molecule has 0 saturated heterocycles. The Kier molecular flexibility index (Phi) is 14.4. The molecule has 0 rings (SSSR count). The first-order valence-corrected chi connectivity index (χ1v) is 3.78. The van der Waals surface area contributed by atoms with Crippen LogP contribution < -0.4 is 11.5 Å². The fourth-order valence-electron chi connectivity index (χ4n) is 0.394. The Bertz CT molecular complexity index is 70.1. The predicted octanol–water partition coefficient (Wildman–Crippen LogP) is 1.13. The normalized spacial score (nSPS) is 7.90. The van der Waals surface area contributed by atoms with Gasteiger partial charge in [-0.25, -0.2) is 0 Å². The molecule has 0 aromatic rings. The molecule has 62 valence electrons. The standard InChI is InChI=1S/C5H13N.CH3NOS/c1-2-3-4-5-6;2-1(3)4/h2-6H2,1H3;(H3,2,3,4). The third-order valence-corrected chi connectivity index (χ3v) is 0.808. The molecule has 0 saturated carbocycles. The van der Waals surface area contributed by atoms with E-state index in [0.717, 1.165) is 6.54 Å². The van der Waals surface area contributed by atoms with Gasteiger partial charge in [0.1, 0.15) is 0 Å². The quantitative estimate of drug-likeness (QED) is 0.432. The zero-order chi connectivity index (χ0) is 8.41. The summed E-state index contributed by atoms with van der Waals surface area (Å²) in [6.07, 6.45) is 3.75. The SMILES string of the molecule is CCCCCN.NC(=O)S. The Morgan fingerprint density at radius 2 is 1.90 bits per heavy atom. The summed E-state index contributed by atoms with van der Waals surface area (Å²) in [7, 11) is 0. The molecule has 0 aliphatic carbocycles. The van der Waals surface area contributed by atoms with Gasteiger partial charge in [-0.05, 0) is 13.0 Å². The van der Waals surface area contributed by atoms with Crippen LogP contribution in [0.1, 0.15) is 26.2 Å². The van der Waals surface area contributed by atoms with Crippen LogP contribution in [0, 0.1) is 0 Å². The highest BCUT2D eigenvalue weighted by atomic mass is 32.1. The van der Waals surface area contributed by atoms with Gasteiger partial charge in [0.15, 0.2) is 0 Å². The number of thiol groups is 1. The maximum Gasteiger partial charge on any atom is 0.273 e. The van der Waals surface area contributed by atoms with Crippen LogP contribution >= 0.6 is 12.6 Å². The highest BCUT2D eigenvalue weighted by Crippen LogP contribution is 1.88. The summed E-state index contributed by atoms with van der Waals surface area (Å²) in [4.78, 5) is 9.09. The number of hydrogen-bond donors (Lipinski definition) is 3. The number of amides is 1. The monoisotopic (exact) mass is 164 g/mol. The molecule has 0 aliphatic heterocycles. The van der Waals surface area contributed by atoms with Gasteiger partial charge >= 0.3 is 0 Å². The molecule has 0 fully saturated rings. The maximum atomic E-state index is 9.09. The van der Waals surface area contributed by atoms with Crippen LogP contribution in [0.5, 0.6) is 0 Å². The summed E-state index contributed by atoms with van der Waals surface area (Å²) in [6.45, 7) is 3.03. The first-order valence-electron chi connectivity index (χ1n) is 3.33. The minimum absolute atomic E-state index is 0.639. The van der Waals surface area contributed by atoms with E-state index in [4.69, 9.17) is 10.5 Å². The van der Waals surface area contributed by atoms with E-state index in [9.17, 15) is 0 Å². The van der Waals surface area contributed by atoms with Crippen molar-refractivity contribution in [2.24, 2.45) is 11.5 Å². The molecular weight excluding hydrogens is 148 g/mol. The van der Waals surface area contributed by atoms with Crippen molar-refractivity contribution in [1.29, 1.82) is 0 Å².